The first-order valence-electron chi connectivity index (χ1n) is 8.06. The molecule has 0 bridgehead atoms. The first-order chi connectivity index (χ1) is 9.59. The van der Waals surface area contributed by atoms with Gasteiger partial charge >= 0.3 is 0 Å². The lowest BCUT2D eigenvalue weighted by Crippen LogP contribution is -2.14. The Morgan fingerprint density at radius 1 is 1.16 bits per heavy atom. The van der Waals surface area contributed by atoms with E-state index in [1.165, 1.54) is 11.1 Å². The van der Waals surface area contributed by atoms with Gasteiger partial charge in [-0.15, -0.1) is 0 Å². The molecule has 2 heteroatoms. The van der Waals surface area contributed by atoms with Crippen molar-refractivity contribution in [2.45, 2.75) is 58.8 Å². The maximum Gasteiger partial charge on any atom is 0.123 e. The van der Waals surface area contributed by atoms with Gasteiger partial charge in [-0.05, 0) is 43.2 Å². The number of benzene rings is 1. The van der Waals surface area contributed by atoms with E-state index >= 15 is 0 Å². The third-order valence-electron chi connectivity index (χ3n) is 3.13. The minimum Gasteiger partial charge on any atom is -0.493 e. The predicted molar refractivity (Wildman–Crippen MR) is 80.9 cm³/mol. The Labute approximate surface area is 120 Å². The topological polar surface area (TPSA) is 29.5 Å². The van der Waals surface area contributed by atoms with Crippen LogP contribution >= 0.6 is 0 Å². The highest BCUT2D eigenvalue weighted by Crippen LogP contribution is 2.32. The van der Waals surface area contributed by atoms with Crippen molar-refractivity contribution in [3.8, 4) is 5.75 Å². The minimum atomic E-state index is -2.04. The zero-order chi connectivity index (χ0) is 16.1. The second-order valence-electron chi connectivity index (χ2n) is 6.07. The van der Waals surface area contributed by atoms with Gasteiger partial charge in [0.15, 0.2) is 0 Å². The van der Waals surface area contributed by atoms with Gasteiger partial charge < -0.3 is 9.84 Å². The smallest absolute Gasteiger partial charge is 0.123 e. The van der Waals surface area contributed by atoms with Gasteiger partial charge in [-0.25, -0.2) is 0 Å². The van der Waals surface area contributed by atoms with Gasteiger partial charge in [0, 0.05) is 6.56 Å². The summed E-state index contributed by atoms with van der Waals surface area (Å²) in [6.45, 7) is 7.20. The lowest BCUT2D eigenvalue weighted by Gasteiger charge is -2.23. The van der Waals surface area contributed by atoms with Crippen LogP contribution in [-0.4, -0.2) is 18.3 Å². The van der Waals surface area contributed by atoms with Crippen LogP contribution in [0.25, 0.3) is 0 Å². The van der Waals surface area contributed by atoms with Crippen molar-refractivity contribution in [2.24, 2.45) is 0 Å². The molecule has 1 rings (SSSR count). The maximum atomic E-state index is 9.01. The molecule has 1 aromatic carbocycles. The summed E-state index contributed by atoms with van der Waals surface area (Å²) < 4.78 is 20.0. The van der Waals surface area contributed by atoms with Gasteiger partial charge in [0.25, 0.3) is 0 Å². The molecule has 0 aromatic heterocycles. The summed E-state index contributed by atoms with van der Waals surface area (Å²) >= 11 is 0. The molecule has 0 fully saturated rings. The molecule has 0 atom stereocenters. The monoisotopic (exact) mass is 266 g/mol. The SMILES string of the molecule is [2H]C([2H])(O)CCCCCOc1ccc(C)cc1C(C)(C)C. The van der Waals surface area contributed by atoms with Gasteiger partial charge in [-0.3, -0.25) is 0 Å². The Bertz CT molecular complexity index is 445. The third-order valence-corrected chi connectivity index (χ3v) is 3.13. The van der Waals surface area contributed by atoms with E-state index in [0.29, 0.717) is 13.0 Å². The van der Waals surface area contributed by atoms with Crippen molar-refractivity contribution in [1.29, 1.82) is 0 Å². The van der Waals surface area contributed by atoms with Gasteiger partial charge in [0.2, 0.25) is 0 Å². The molecule has 0 aliphatic rings. The van der Waals surface area contributed by atoms with Crippen LogP contribution < -0.4 is 4.74 Å². The number of aliphatic hydroxyl groups is 1. The fraction of sp³-hybridized carbons (Fsp3) is 0.647. The van der Waals surface area contributed by atoms with Gasteiger partial charge in [0.05, 0.1) is 9.35 Å². The number of hydrogen-bond donors (Lipinski definition) is 1. The molecule has 0 heterocycles. The Balaban J connectivity index is 2.46. The van der Waals surface area contributed by atoms with E-state index < -0.39 is 6.56 Å². The number of ether oxygens (including phenoxy) is 1. The molecule has 0 aliphatic carbocycles. The lowest BCUT2D eigenvalue weighted by atomic mass is 9.85. The summed E-state index contributed by atoms with van der Waals surface area (Å²) in [5, 5.41) is 9.01. The van der Waals surface area contributed by atoms with Crippen molar-refractivity contribution in [2.75, 3.05) is 13.2 Å². The summed E-state index contributed by atoms with van der Waals surface area (Å²) in [6, 6.07) is 6.27. The van der Waals surface area contributed by atoms with Crippen LogP contribution in [-0.2, 0) is 5.41 Å². The zero-order valence-electron chi connectivity index (χ0n) is 14.6. The molecule has 0 radical (unpaired) electrons. The molecule has 1 N–H and O–H groups in total. The molecular weight excluding hydrogens is 236 g/mol. The van der Waals surface area contributed by atoms with E-state index in [-0.39, 0.29) is 11.8 Å². The van der Waals surface area contributed by atoms with Gasteiger partial charge in [-0.1, -0.05) is 44.9 Å². The van der Waals surface area contributed by atoms with Crippen molar-refractivity contribution >= 4 is 0 Å². The van der Waals surface area contributed by atoms with Crippen LogP contribution in [0.3, 0.4) is 0 Å². The largest absolute Gasteiger partial charge is 0.493 e. The molecule has 19 heavy (non-hydrogen) atoms. The van der Waals surface area contributed by atoms with E-state index in [9.17, 15) is 0 Å². The predicted octanol–water partition coefficient (Wildman–Crippen LogP) is 4.22. The van der Waals surface area contributed by atoms with Crippen LogP contribution in [0.15, 0.2) is 18.2 Å². The summed E-state index contributed by atoms with van der Waals surface area (Å²) in [7, 11) is 0. The molecule has 0 unspecified atom stereocenters. The fourth-order valence-corrected chi connectivity index (χ4v) is 2.02. The minimum absolute atomic E-state index is 0.0499. The van der Waals surface area contributed by atoms with Crippen LogP contribution in [0.1, 0.15) is 60.3 Å². The third kappa shape index (κ3) is 5.65. The molecule has 0 spiro atoms. The van der Waals surface area contributed by atoms with Gasteiger partial charge in [0.1, 0.15) is 5.75 Å². The standard InChI is InChI=1S/C17H28O2/c1-14-9-10-16(15(13-14)17(2,3)4)19-12-8-6-5-7-11-18/h9-10,13,18H,5-8,11-12H2,1-4H3/i11D2. The summed E-state index contributed by atoms with van der Waals surface area (Å²) in [6.07, 6.45) is 2.59. The Morgan fingerprint density at radius 3 is 2.47 bits per heavy atom. The van der Waals surface area contributed by atoms with Crippen molar-refractivity contribution in [1.82, 2.24) is 0 Å². The van der Waals surface area contributed by atoms with Crippen LogP contribution in [0.2, 0.25) is 0 Å². The molecule has 108 valence electrons. The molecular formula is C17H28O2. The van der Waals surface area contributed by atoms with Crippen molar-refractivity contribution in [3.05, 3.63) is 29.3 Å². The Kier molecular flexibility index (Phi) is 5.15. The first-order valence-corrected chi connectivity index (χ1v) is 7.06. The summed E-state index contributed by atoms with van der Waals surface area (Å²) in [5.74, 6) is 0.936. The Morgan fingerprint density at radius 2 is 1.84 bits per heavy atom. The average Bonchev–Trinajstić information content (AvgIpc) is 2.32. The van der Waals surface area contributed by atoms with Crippen molar-refractivity contribution < 1.29 is 12.6 Å². The first kappa shape index (κ1) is 13.0. The van der Waals surface area contributed by atoms with E-state index in [2.05, 4.69) is 39.8 Å². The molecule has 0 amide bonds. The zero-order valence-corrected chi connectivity index (χ0v) is 12.6. The highest BCUT2D eigenvalue weighted by molar-refractivity contribution is 5.41. The van der Waals surface area contributed by atoms with E-state index in [4.69, 9.17) is 12.6 Å². The molecule has 0 saturated carbocycles. The number of rotatable bonds is 7. The Hall–Kier alpha value is -1.02. The van der Waals surface area contributed by atoms with Crippen molar-refractivity contribution in [3.63, 3.8) is 0 Å². The second kappa shape index (κ2) is 7.54. The highest BCUT2D eigenvalue weighted by atomic mass is 16.5. The molecule has 2 nitrogen and oxygen atoms in total. The normalized spacial score (nSPS) is 13.9. The van der Waals surface area contributed by atoms with E-state index in [1.807, 2.05) is 6.07 Å². The van der Waals surface area contributed by atoms with Gasteiger partial charge in [-0.2, -0.15) is 0 Å². The number of unbranched alkanes of at least 4 members (excludes halogenated alkanes) is 2. The van der Waals surface area contributed by atoms with E-state index in [0.717, 1.165) is 18.6 Å². The average molecular weight is 266 g/mol. The number of hydrogen-bond acceptors (Lipinski definition) is 2. The molecule has 0 aliphatic heterocycles. The van der Waals surface area contributed by atoms with Crippen LogP contribution in [0.4, 0.5) is 0 Å². The highest BCUT2D eigenvalue weighted by Gasteiger charge is 2.18. The maximum absolute atomic E-state index is 9.01. The number of aryl methyl sites for hydroxylation is 1. The quantitative estimate of drug-likeness (QED) is 0.749. The van der Waals surface area contributed by atoms with E-state index in [1.54, 1.807) is 0 Å². The molecule has 0 saturated heterocycles. The van der Waals surface area contributed by atoms with Crippen LogP contribution in [0.5, 0.6) is 5.75 Å². The second-order valence-corrected chi connectivity index (χ2v) is 6.07. The summed E-state index contributed by atoms with van der Waals surface area (Å²) in [4.78, 5) is 0. The van der Waals surface area contributed by atoms with Crippen LogP contribution in [0, 0.1) is 6.92 Å². The molecule has 1 aromatic rings. The summed E-state index contributed by atoms with van der Waals surface area (Å²) in [5.41, 5.74) is 2.50. The fourth-order valence-electron chi connectivity index (χ4n) is 2.02. The lowest BCUT2D eigenvalue weighted by molar-refractivity contribution is 0.271.